The van der Waals surface area contributed by atoms with E-state index in [1.54, 1.807) is 18.3 Å². The molecule has 0 spiro atoms. The van der Waals surface area contributed by atoms with Crippen LogP contribution >= 0.6 is 11.3 Å². The fraction of sp³-hybridized carbons (Fsp3) is 0.200. The zero-order valence-electron chi connectivity index (χ0n) is 15.8. The molecule has 0 aliphatic carbocycles. The second-order valence-electron chi connectivity index (χ2n) is 6.63. The molecule has 0 radical (unpaired) electrons. The van der Waals surface area contributed by atoms with Gasteiger partial charge in [-0.3, -0.25) is 18.7 Å². The average Bonchev–Trinajstić information content (AvgIpc) is 3.10. The van der Waals surface area contributed by atoms with Crippen LogP contribution < -0.4 is 16.6 Å². The van der Waals surface area contributed by atoms with E-state index in [1.165, 1.54) is 4.57 Å². The first-order chi connectivity index (χ1) is 14.4. The number of carbonyl (C=O) groups is 1. The number of hydrogen-bond acceptors (Lipinski definition) is 5. The molecule has 1 N–H and O–H groups in total. The maximum absolute atomic E-state index is 13.9. The number of amides is 1. The van der Waals surface area contributed by atoms with Crippen LogP contribution in [0.5, 0.6) is 0 Å². The van der Waals surface area contributed by atoms with E-state index >= 15 is 0 Å². The van der Waals surface area contributed by atoms with Gasteiger partial charge in [0.15, 0.2) is 0 Å². The Hall–Kier alpha value is -3.40. The first-order valence-electron chi connectivity index (χ1n) is 9.16. The minimum absolute atomic E-state index is 0.198. The summed E-state index contributed by atoms with van der Waals surface area (Å²) in [6, 6.07) is 6.16. The molecule has 0 saturated heterocycles. The lowest BCUT2D eigenvalue weighted by Crippen LogP contribution is -2.41. The number of rotatable bonds is 5. The van der Waals surface area contributed by atoms with Crippen molar-refractivity contribution in [3.8, 4) is 0 Å². The lowest BCUT2D eigenvalue weighted by molar-refractivity contribution is -0.116. The molecule has 7 nitrogen and oxygen atoms in total. The van der Waals surface area contributed by atoms with E-state index in [4.69, 9.17) is 0 Å². The highest BCUT2D eigenvalue weighted by atomic mass is 32.1. The minimum Gasteiger partial charge on any atom is -0.322 e. The van der Waals surface area contributed by atoms with Crippen LogP contribution in [-0.4, -0.2) is 20.0 Å². The monoisotopic (exact) mass is 430 g/mol. The largest absolute Gasteiger partial charge is 0.332 e. The first-order valence-corrected chi connectivity index (χ1v) is 9.98. The van der Waals surface area contributed by atoms with E-state index in [2.05, 4.69) is 10.3 Å². The van der Waals surface area contributed by atoms with Gasteiger partial charge in [-0.2, -0.15) is 0 Å². The summed E-state index contributed by atoms with van der Waals surface area (Å²) in [7, 11) is 0. The predicted molar refractivity (Wildman–Crippen MR) is 111 cm³/mol. The van der Waals surface area contributed by atoms with Crippen molar-refractivity contribution in [2.75, 3.05) is 5.32 Å². The number of thiophene rings is 1. The molecular formula is C20H16F2N4O3S. The average molecular weight is 430 g/mol. The summed E-state index contributed by atoms with van der Waals surface area (Å²) in [5, 5.41) is 2.92. The van der Waals surface area contributed by atoms with E-state index in [0.717, 1.165) is 28.0 Å². The SMILES string of the molecule is CCCn1c(=O)c2sc3ncccc3c2n(CC(=O)Nc2ccc(F)cc2F)c1=O. The van der Waals surface area contributed by atoms with Gasteiger partial charge in [-0.1, -0.05) is 6.92 Å². The topological polar surface area (TPSA) is 86.0 Å². The lowest BCUT2D eigenvalue weighted by atomic mass is 10.2. The van der Waals surface area contributed by atoms with Crippen molar-refractivity contribution in [3.05, 3.63) is 69.0 Å². The van der Waals surface area contributed by atoms with Gasteiger partial charge in [-0.25, -0.2) is 18.6 Å². The highest BCUT2D eigenvalue weighted by Crippen LogP contribution is 2.29. The molecule has 0 aliphatic heterocycles. The van der Waals surface area contributed by atoms with Gasteiger partial charge < -0.3 is 5.32 Å². The number of anilines is 1. The predicted octanol–water partition coefficient (Wildman–Crippen LogP) is 3.10. The maximum atomic E-state index is 13.9. The molecule has 0 unspecified atom stereocenters. The first kappa shape index (κ1) is 19.9. The second kappa shape index (κ2) is 7.79. The Bertz CT molecular complexity index is 1410. The minimum atomic E-state index is -0.929. The van der Waals surface area contributed by atoms with Crippen LogP contribution in [0.1, 0.15) is 13.3 Å². The van der Waals surface area contributed by atoms with Crippen LogP contribution in [0.4, 0.5) is 14.5 Å². The Kier molecular flexibility index (Phi) is 5.17. The number of carbonyl (C=O) groups excluding carboxylic acids is 1. The number of benzene rings is 1. The lowest BCUT2D eigenvalue weighted by Gasteiger charge is -2.12. The quantitative estimate of drug-likeness (QED) is 0.527. The summed E-state index contributed by atoms with van der Waals surface area (Å²) in [6.07, 6.45) is 2.13. The standard InChI is InChI=1S/C20H16F2N4O3S/c1-2-8-25-19(28)17-16(12-4-3-7-23-18(12)30-17)26(20(25)29)10-15(27)24-14-6-5-11(21)9-13(14)22/h3-7,9H,2,8,10H2,1H3,(H,24,27). The summed E-state index contributed by atoms with van der Waals surface area (Å²) in [5.74, 6) is -2.39. The Labute approximate surface area is 172 Å². The highest BCUT2D eigenvalue weighted by Gasteiger charge is 2.20. The third kappa shape index (κ3) is 3.39. The molecule has 4 aromatic rings. The van der Waals surface area contributed by atoms with Crippen molar-refractivity contribution >= 4 is 43.4 Å². The van der Waals surface area contributed by atoms with Crippen molar-refractivity contribution in [1.82, 2.24) is 14.1 Å². The smallest absolute Gasteiger partial charge is 0.322 e. The van der Waals surface area contributed by atoms with Gasteiger partial charge in [0.25, 0.3) is 5.56 Å². The van der Waals surface area contributed by atoms with Gasteiger partial charge in [0, 0.05) is 24.2 Å². The Balaban J connectivity index is 1.85. The Morgan fingerprint density at radius 2 is 2.00 bits per heavy atom. The molecule has 0 saturated carbocycles. The molecule has 0 aliphatic rings. The Morgan fingerprint density at radius 1 is 1.20 bits per heavy atom. The summed E-state index contributed by atoms with van der Waals surface area (Å²) in [6.45, 7) is 1.58. The molecule has 1 amide bonds. The third-order valence-corrected chi connectivity index (χ3v) is 5.66. The molecule has 1 aromatic carbocycles. The summed E-state index contributed by atoms with van der Waals surface area (Å²) >= 11 is 1.15. The van der Waals surface area contributed by atoms with Crippen LogP contribution in [0.2, 0.25) is 0 Å². The summed E-state index contributed by atoms with van der Waals surface area (Å²) in [4.78, 5) is 43.3. The van der Waals surface area contributed by atoms with Crippen LogP contribution in [-0.2, 0) is 17.9 Å². The normalized spacial score (nSPS) is 11.3. The van der Waals surface area contributed by atoms with Crippen molar-refractivity contribution in [1.29, 1.82) is 0 Å². The van der Waals surface area contributed by atoms with Crippen molar-refractivity contribution < 1.29 is 13.6 Å². The molecule has 10 heteroatoms. The van der Waals surface area contributed by atoms with Gasteiger partial charge in [-0.05, 0) is 30.7 Å². The van der Waals surface area contributed by atoms with Crippen molar-refractivity contribution in [2.24, 2.45) is 0 Å². The number of pyridine rings is 1. The summed E-state index contributed by atoms with van der Waals surface area (Å²) in [5.41, 5.74) is -0.946. The fourth-order valence-corrected chi connectivity index (χ4v) is 4.37. The molecule has 4 rings (SSSR count). The van der Waals surface area contributed by atoms with Crippen LogP contribution in [0.15, 0.2) is 46.1 Å². The van der Waals surface area contributed by atoms with Gasteiger partial charge in [0.1, 0.15) is 27.7 Å². The second-order valence-corrected chi connectivity index (χ2v) is 7.63. The molecule has 3 aromatic heterocycles. The number of nitrogens with zero attached hydrogens (tertiary/aromatic N) is 3. The van der Waals surface area contributed by atoms with Crippen LogP contribution in [0, 0.1) is 11.6 Å². The highest BCUT2D eigenvalue weighted by molar-refractivity contribution is 7.25. The fourth-order valence-electron chi connectivity index (χ4n) is 3.28. The number of aromatic nitrogens is 3. The van der Waals surface area contributed by atoms with E-state index in [-0.39, 0.29) is 12.2 Å². The molecular weight excluding hydrogens is 414 g/mol. The van der Waals surface area contributed by atoms with Gasteiger partial charge in [-0.15, -0.1) is 11.3 Å². The molecule has 0 atom stereocenters. The van der Waals surface area contributed by atoms with Gasteiger partial charge in [0.2, 0.25) is 5.91 Å². The van der Waals surface area contributed by atoms with Gasteiger partial charge >= 0.3 is 5.69 Å². The number of halogens is 2. The number of hydrogen-bond donors (Lipinski definition) is 1. The van der Waals surface area contributed by atoms with E-state index in [9.17, 15) is 23.2 Å². The van der Waals surface area contributed by atoms with E-state index in [0.29, 0.717) is 32.9 Å². The van der Waals surface area contributed by atoms with Crippen LogP contribution in [0.25, 0.3) is 20.4 Å². The van der Waals surface area contributed by atoms with E-state index in [1.807, 2.05) is 6.92 Å². The molecule has 30 heavy (non-hydrogen) atoms. The maximum Gasteiger partial charge on any atom is 0.332 e. The van der Waals surface area contributed by atoms with Gasteiger partial charge in [0.05, 0.1) is 11.2 Å². The molecule has 0 bridgehead atoms. The molecule has 3 heterocycles. The zero-order valence-corrected chi connectivity index (χ0v) is 16.6. The van der Waals surface area contributed by atoms with E-state index < -0.39 is 35.3 Å². The van der Waals surface area contributed by atoms with Crippen molar-refractivity contribution in [3.63, 3.8) is 0 Å². The summed E-state index contributed by atoms with van der Waals surface area (Å²) < 4.78 is 29.6. The molecule has 154 valence electrons. The molecule has 0 fully saturated rings. The zero-order chi connectivity index (χ0) is 21.4. The number of fused-ring (bicyclic) bond motifs is 3. The van der Waals surface area contributed by atoms with Crippen molar-refractivity contribution in [2.45, 2.75) is 26.4 Å². The third-order valence-electron chi connectivity index (χ3n) is 4.57. The Morgan fingerprint density at radius 3 is 2.73 bits per heavy atom. The van der Waals surface area contributed by atoms with Crippen LogP contribution in [0.3, 0.4) is 0 Å². The number of nitrogens with one attached hydrogen (secondary N) is 1.